The first-order chi connectivity index (χ1) is 9.24. The van der Waals surface area contributed by atoms with Crippen LogP contribution in [0.4, 0.5) is 11.5 Å². The van der Waals surface area contributed by atoms with Crippen LogP contribution in [-0.4, -0.2) is 17.1 Å². The highest BCUT2D eigenvalue weighted by molar-refractivity contribution is 7.98. The number of benzene rings is 1. The first-order valence-corrected chi connectivity index (χ1v) is 6.85. The molecule has 0 fully saturated rings. The number of para-hydroxylation sites is 1. The Morgan fingerprint density at radius 1 is 1.21 bits per heavy atom. The summed E-state index contributed by atoms with van der Waals surface area (Å²) in [4.78, 5) is 17.2. The first-order valence-electron chi connectivity index (χ1n) is 5.62. The van der Waals surface area contributed by atoms with Crippen molar-refractivity contribution in [2.45, 2.75) is 4.90 Å². The normalized spacial score (nSPS) is 10.0. The van der Waals surface area contributed by atoms with Gasteiger partial charge in [-0.25, -0.2) is 10.8 Å². The Bertz CT molecular complexity index is 588. The maximum absolute atomic E-state index is 12.1. The fraction of sp³-hybridized carbons (Fsp3) is 0.0769. The number of nitrogens with zero attached hydrogens (tertiary/aromatic N) is 1. The van der Waals surface area contributed by atoms with Crippen molar-refractivity contribution in [3.05, 3.63) is 48.2 Å². The van der Waals surface area contributed by atoms with E-state index in [9.17, 15) is 4.79 Å². The molecule has 0 aliphatic heterocycles. The Hall–Kier alpha value is -2.05. The quantitative estimate of drug-likeness (QED) is 0.453. The largest absolute Gasteiger partial charge is 0.320 e. The number of anilines is 2. The molecule has 0 atom stereocenters. The smallest absolute Gasteiger partial charge is 0.274 e. The molecule has 98 valence electrons. The average Bonchev–Trinajstić information content (AvgIpc) is 2.47. The molecule has 0 saturated heterocycles. The van der Waals surface area contributed by atoms with Gasteiger partial charge in [0.15, 0.2) is 0 Å². The SMILES string of the molecule is CSc1ccccc1NC(=O)c1cccc(NN)n1. The summed E-state index contributed by atoms with van der Waals surface area (Å²) in [5.41, 5.74) is 3.50. The monoisotopic (exact) mass is 274 g/mol. The Kier molecular flexibility index (Phi) is 4.38. The van der Waals surface area contributed by atoms with Crippen molar-refractivity contribution in [3.63, 3.8) is 0 Å². The van der Waals surface area contributed by atoms with E-state index in [1.54, 1.807) is 30.0 Å². The summed E-state index contributed by atoms with van der Waals surface area (Å²) >= 11 is 1.57. The molecule has 0 aliphatic carbocycles. The Morgan fingerprint density at radius 2 is 2.00 bits per heavy atom. The second kappa shape index (κ2) is 6.21. The topological polar surface area (TPSA) is 80.0 Å². The molecular formula is C13H14N4OS. The molecule has 1 heterocycles. The lowest BCUT2D eigenvalue weighted by Crippen LogP contribution is -2.16. The van der Waals surface area contributed by atoms with Crippen LogP contribution in [0.3, 0.4) is 0 Å². The van der Waals surface area contributed by atoms with Gasteiger partial charge in [-0.2, -0.15) is 0 Å². The predicted octanol–water partition coefficient (Wildman–Crippen LogP) is 2.34. The van der Waals surface area contributed by atoms with Crippen molar-refractivity contribution in [3.8, 4) is 0 Å². The molecule has 19 heavy (non-hydrogen) atoms. The van der Waals surface area contributed by atoms with E-state index in [4.69, 9.17) is 5.84 Å². The molecule has 0 unspecified atom stereocenters. The molecule has 1 aromatic carbocycles. The van der Waals surface area contributed by atoms with E-state index in [1.807, 2.05) is 30.5 Å². The van der Waals surface area contributed by atoms with E-state index in [0.29, 0.717) is 11.5 Å². The van der Waals surface area contributed by atoms with Gasteiger partial charge in [-0.15, -0.1) is 11.8 Å². The van der Waals surface area contributed by atoms with E-state index in [-0.39, 0.29) is 5.91 Å². The molecule has 2 rings (SSSR count). The second-order valence-electron chi connectivity index (χ2n) is 3.71. The molecular weight excluding hydrogens is 260 g/mol. The number of hydrazine groups is 1. The van der Waals surface area contributed by atoms with Crippen molar-refractivity contribution in [2.24, 2.45) is 5.84 Å². The van der Waals surface area contributed by atoms with Crippen molar-refractivity contribution in [1.29, 1.82) is 0 Å². The number of nitrogen functional groups attached to an aromatic ring is 1. The minimum Gasteiger partial charge on any atom is -0.320 e. The van der Waals surface area contributed by atoms with Gasteiger partial charge in [-0.3, -0.25) is 4.79 Å². The number of thioether (sulfide) groups is 1. The number of nitrogens with one attached hydrogen (secondary N) is 2. The van der Waals surface area contributed by atoms with Gasteiger partial charge in [0.2, 0.25) is 0 Å². The number of amides is 1. The lowest BCUT2D eigenvalue weighted by molar-refractivity contribution is 0.102. The minimum atomic E-state index is -0.265. The molecule has 0 bridgehead atoms. The summed E-state index contributed by atoms with van der Waals surface area (Å²) in [6, 6.07) is 12.7. The lowest BCUT2D eigenvalue weighted by Gasteiger charge is -2.09. The standard InChI is InChI=1S/C13H14N4OS/c1-19-11-7-3-2-5-9(11)16-13(18)10-6-4-8-12(15-10)17-14/h2-8H,14H2,1H3,(H,15,17)(H,16,18). The third-order valence-electron chi connectivity index (χ3n) is 2.48. The maximum Gasteiger partial charge on any atom is 0.274 e. The van der Waals surface area contributed by atoms with Gasteiger partial charge < -0.3 is 10.7 Å². The highest BCUT2D eigenvalue weighted by Gasteiger charge is 2.10. The Labute approximate surface area is 115 Å². The van der Waals surface area contributed by atoms with Crippen LogP contribution < -0.4 is 16.6 Å². The van der Waals surface area contributed by atoms with Crippen LogP contribution in [0.2, 0.25) is 0 Å². The molecule has 0 radical (unpaired) electrons. The molecule has 4 N–H and O–H groups in total. The van der Waals surface area contributed by atoms with E-state index in [1.165, 1.54) is 0 Å². The van der Waals surface area contributed by atoms with Gasteiger partial charge in [0.25, 0.3) is 5.91 Å². The summed E-state index contributed by atoms with van der Waals surface area (Å²) < 4.78 is 0. The zero-order valence-corrected chi connectivity index (χ0v) is 11.2. The van der Waals surface area contributed by atoms with Crippen LogP contribution in [0, 0.1) is 0 Å². The zero-order valence-electron chi connectivity index (χ0n) is 10.4. The second-order valence-corrected chi connectivity index (χ2v) is 4.55. The summed E-state index contributed by atoms with van der Waals surface area (Å²) in [7, 11) is 0. The molecule has 0 saturated carbocycles. The number of aromatic nitrogens is 1. The Morgan fingerprint density at radius 3 is 2.74 bits per heavy atom. The molecule has 5 nitrogen and oxygen atoms in total. The predicted molar refractivity (Wildman–Crippen MR) is 78.2 cm³/mol. The molecule has 1 aromatic heterocycles. The molecule has 6 heteroatoms. The summed E-state index contributed by atoms with van der Waals surface area (Å²) in [6.07, 6.45) is 1.96. The van der Waals surface area contributed by atoms with Crippen LogP contribution in [-0.2, 0) is 0 Å². The summed E-state index contributed by atoms with van der Waals surface area (Å²) in [6.45, 7) is 0. The van der Waals surface area contributed by atoms with E-state index < -0.39 is 0 Å². The fourth-order valence-electron chi connectivity index (χ4n) is 1.58. The summed E-state index contributed by atoms with van der Waals surface area (Å²) in [5, 5.41) is 2.84. The Balaban J connectivity index is 2.20. The average molecular weight is 274 g/mol. The van der Waals surface area contributed by atoms with Crippen LogP contribution in [0.5, 0.6) is 0 Å². The zero-order chi connectivity index (χ0) is 13.7. The van der Waals surface area contributed by atoms with Gasteiger partial charge in [-0.05, 0) is 30.5 Å². The van der Waals surface area contributed by atoms with Gasteiger partial charge in [0, 0.05) is 4.90 Å². The molecule has 0 spiro atoms. The van der Waals surface area contributed by atoms with Crippen molar-refractivity contribution in [2.75, 3.05) is 17.0 Å². The lowest BCUT2D eigenvalue weighted by atomic mass is 10.3. The summed E-state index contributed by atoms with van der Waals surface area (Å²) in [5.74, 6) is 5.45. The molecule has 2 aromatic rings. The minimum absolute atomic E-state index is 0.265. The van der Waals surface area contributed by atoms with Crippen LogP contribution in [0.15, 0.2) is 47.4 Å². The van der Waals surface area contributed by atoms with E-state index in [0.717, 1.165) is 10.6 Å². The van der Waals surface area contributed by atoms with Crippen LogP contribution in [0.1, 0.15) is 10.5 Å². The number of carbonyl (C=O) groups is 1. The van der Waals surface area contributed by atoms with Gasteiger partial charge in [-0.1, -0.05) is 18.2 Å². The van der Waals surface area contributed by atoms with E-state index >= 15 is 0 Å². The van der Waals surface area contributed by atoms with Crippen molar-refractivity contribution >= 4 is 29.2 Å². The number of rotatable bonds is 4. The highest BCUT2D eigenvalue weighted by Crippen LogP contribution is 2.24. The van der Waals surface area contributed by atoms with Crippen LogP contribution >= 0.6 is 11.8 Å². The number of carbonyl (C=O) groups excluding carboxylic acids is 1. The third-order valence-corrected chi connectivity index (χ3v) is 3.28. The van der Waals surface area contributed by atoms with Crippen LogP contribution in [0.25, 0.3) is 0 Å². The van der Waals surface area contributed by atoms with Gasteiger partial charge >= 0.3 is 0 Å². The number of hydrogen-bond donors (Lipinski definition) is 3. The number of nitrogens with two attached hydrogens (primary N) is 1. The van der Waals surface area contributed by atoms with Crippen molar-refractivity contribution in [1.82, 2.24) is 4.98 Å². The number of pyridine rings is 1. The van der Waals surface area contributed by atoms with Gasteiger partial charge in [0.1, 0.15) is 11.5 Å². The van der Waals surface area contributed by atoms with E-state index in [2.05, 4.69) is 15.7 Å². The first kappa shape index (κ1) is 13.4. The number of hydrogen-bond acceptors (Lipinski definition) is 5. The molecule has 1 amide bonds. The fourth-order valence-corrected chi connectivity index (χ4v) is 2.13. The highest BCUT2D eigenvalue weighted by atomic mass is 32.2. The molecule has 0 aliphatic rings. The van der Waals surface area contributed by atoms with Crippen molar-refractivity contribution < 1.29 is 4.79 Å². The van der Waals surface area contributed by atoms with Gasteiger partial charge in [0.05, 0.1) is 5.69 Å². The maximum atomic E-state index is 12.1. The third kappa shape index (κ3) is 3.24.